The van der Waals surface area contributed by atoms with Gasteiger partial charge in [0.2, 0.25) is 0 Å². The van der Waals surface area contributed by atoms with Gasteiger partial charge in [-0.2, -0.15) is 0 Å². The lowest BCUT2D eigenvalue weighted by Gasteiger charge is -2.09. The topological polar surface area (TPSA) is 54.1 Å². The minimum atomic E-state index is -0.0546. The maximum absolute atomic E-state index is 12.3. The van der Waals surface area contributed by atoms with Gasteiger partial charge in [0.1, 0.15) is 5.75 Å². The number of benzene rings is 2. The molecule has 4 nitrogen and oxygen atoms in total. The molecule has 0 saturated heterocycles. The van der Waals surface area contributed by atoms with Crippen LogP contribution in [0.3, 0.4) is 0 Å². The molecule has 2 aromatic carbocycles. The number of H-pyrrole nitrogens is 1. The number of carbonyl (C=O) groups excluding carboxylic acids is 1. The van der Waals surface area contributed by atoms with E-state index in [1.807, 2.05) is 44.3 Å². The van der Waals surface area contributed by atoms with Crippen molar-refractivity contribution < 1.29 is 9.53 Å². The molecule has 24 heavy (non-hydrogen) atoms. The third-order valence-electron chi connectivity index (χ3n) is 4.09. The Morgan fingerprint density at radius 2 is 2.04 bits per heavy atom. The molecular weight excluding hydrogens is 300 g/mol. The number of carbonyl (C=O) groups is 1. The van der Waals surface area contributed by atoms with Crippen LogP contribution in [-0.4, -0.2) is 24.0 Å². The number of aromatic nitrogens is 1. The number of para-hydroxylation sites is 1. The molecule has 1 aromatic heterocycles. The van der Waals surface area contributed by atoms with E-state index in [1.54, 1.807) is 6.07 Å². The number of amides is 1. The molecule has 0 atom stereocenters. The molecule has 2 N–H and O–H groups in total. The second-order valence-electron chi connectivity index (χ2n) is 5.78. The van der Waals surface area contributed by atoms with E-state index in [4.69, 9.17) is 4.74 Å². The average Bonchev–Trinajstić information content (AvgIpc) is 3.00. The van der Waals surface area contributed by atoms with Crippen molar-refractivity contribution in [3.05, 3.63) is 65.4 Å². The van der Waals surface area contributed by atoms with Crippen molar-refractivity contribution in [1.82, 2.24) is 10.3 Å². The predicted molar refractivity (Wildman–Crippen MR) is 96.7 cm³/mol. The zero-order valence-electron chi connectivity index (χ0n) is 14.1. The second-order valence-corrected chi connectivity index (χ2v) is 5.78. The van der Waals surface area contributed by atoms with Crippen LogP contribution in [0.5, 0.6) is 5.75 Å². The molecule has 0 aliphatic carbocycles. The van der Waals surface area contributed by atoms with E-state index in [-0.39, 0.29) is 5.91 Å². The van der Waals surface area contributed by atoms with Gasteiger partial charge < -0.3 is 15.0 Å². The molecule has 3 rings (SSSR count). The third-order valence-corrected chi connectivity index (χ3v) is 4.09. The van der Waals surface area contributed by atoms with Crippen LogP contribution in [0.15, 0.2) is 48.7 Å². The van der Waals surface area contributed by atoms with Crippen molar-refractivity contribution in [1.29, 1.82) is 0 Å². The average molecular weight is 322 g/mol. The van der Waals surface area contributed by atoms with Crippen LogP contribution >= 0.6 is 0 Å². The third kappa shape index (κ3) is 3.43. The van der Waals surface area contributed by atoms with Gasteiger partial charge in [-0.1, -0.05) is 18.2 Å². The number of nitrogens with one attached hydrogen (secondary N) is 2. The molecule has 0 aliphatic rings. The minimum Gasteiger partial charge on any atom is -0.494 e. The summed E-state index contributed by atoms with van der Waals surface area (Å²) in [6.45, 7) is 5.13. The van der Waals surface area contributed by atoms with Gasteiger partial charge in [-0.25, -0.2) is 0 Å². The Hall–Kier alpha value is -2.75. The van der Waals surface area contributed by atoms with Crippen LogP contribution in [0.25, 0.3) is 10.9 Å². The Kier molecular flexibility index (Phi) is 4.85. The molecule has 4 heteroatoms. The van der Waals surface area contributed by atoms with Crippen LogP contribution in [0.1, 0.15) is 28.4 Å². The highest BCUT2D eigenvalue weighted by Gasteiger charge is 2.09. The van der Waals surface area contributed by atoms with Crippen LogP contribution < -0.4 is 10.1 Å². The first-order valence-electron chi connectivity index (χ1n) is 8.25. The molecule has 0 unspecified atom stereocenters. The SMILES string of the molecule is CCOc1ccc(C(=O)NCCc2c[nH]c3ccccc23)cc1C. The number of hydrogen-bond acceptors (Lipinski definition) is 2. The van der Waals surface area contributed by atoms with Crippen LogP contribution in [-0.2, 0) is 6.42 Å². The highest BCUT2D eigenvalue weighted by atomic mass is 16.5. The molecule has 124 valence electrons. The lowest BCUT2D eigenvalue weighted by atomic mass is 10.1. The zero-order chi connectivity index (χ0) is 16.9. The van der Waals surface area contributed by atoms with Crippen LogP contribution in [0, 0.1) is 6.92 Å². The maximum atomic E-state index is 12.3. The summed E-state index contributed by atoms with van der Waals surface area (Å²) in [6.07, 6.45) is 2.81. The van der Waals surface area contributed by atoms with Crippen molar-refractivity contribution in [3.8, 4) is 5.75 Å². The van der Waals surface area contributed by atoms with E-state index >= 15 is 0 Å². The quantitative estimate of drug-likeness (QED) is 0.724. The molecule has 0 fully saturated rings. The van der Waals surface area contributed by atoms with Gasteiger partial charge in [0.25, 0.3) is 5.91 Å². The Morgan fingerprint density at radius 1 is 1.21 bits per heavy atom. The normalized spacial score (nSPS) is 10.8. The number of aryl methyl sites for hydroxylation is 1. The fraction of sp³-hybridized carbons (Fsp3) is 0.250. The van der Waals surface area contributed by atoms with Crippen LogP contribution in [0.2, 0.25) is 0 Å². The number of aromatic amines is 1. The van der Waals surface area contributed by atoms with E-state index in [2.05, 4.69) is 22.4 Å². The Labute approximate surface area is 141 Å². The molecule has 0 bridgehead atoms. The van der Waals surface area contributed by atoms with Crippen molar-refractivity contribution in [2.24, 2.45) is 0 Å². The highest BCUT2D eigenvalue weighted by Crippen LogP contribution is 2.20. The Morgan fingerprint density at radius 3 is 2.83 bits per heavy atom. The highest BCUT2D eigenvalue weighted by molar-refractivity contribution is 5.94. The van der Waals surface area contributed by atoms with Crippen molar-refractivity contribution in [3.63, 3.8) is 0 Å². The zero-order valence-corrected chi connectivity index (χ0v) is 14.1. The van der Waals surface area contributed by atoms with E-state index in [1.165, 1.54) is 10.9 Å². The molecule has 1 heterocycles. The van der Waals surface area contributed by atoms with Gasteiger partial charge in [0, 0.05) is 29.2 Å². The first kappa shape index (κ1) is 16.1. The monoisotopic (exact) mass is 322 g/mol. The van der Waals surface area contributed by atoms with E-state index in [9.17, 15) is 4.79 Å². The van der Waals surface area contributed by atoms with Gasteiger partial charge in [0.15, 0.2) is 0 Å². The van der Waals surface area contributed by atoms with Crippen LogP contribution in [0.4, 0.5) is 0 Å². The van der Waals surface area contributed by atoms with E-state index < -0.39 is 0 Å². The summed E-state index contributed by atoms with van der Waals surface area (Å²) in [5, 5.41) is 4.20. The summed E-state index contributed by atoms with van der Waals surface area (Å²) in [5.74, 6) is 0.772. The van der Waals surface area contributed by atoms with Gasteiger partial charge in [-0.15, -0.1) is 0 Å². The second kappa shape index (κ2) is 7.21. The fourth-order valence-corrected chi connectivity index (χ4v) is 2.86. The first-order chi connectivity index (χ1) is 11.7. The summed E-state index contributed by atoms with van der Waals surface area (Å²) in [7, 11) is 0. The molecule has 3 aromatic rings. The lowest BCUT2D eigenvalue weighted by molar-refractivity contribution is 0.0954. The number of fused-ring (bicyclic) bond motifs is 1. The first-order valence-corrected chi connectivity index (χ1v) is 8.25. The van der Waals surface area contributed by atoms with Crippen molar-refractivity contribution in [2.45, 2.75) is 20.3 Å². The molecular formula is C20H22N2O2. The van der Waals surface area contributed by atoms with Gasteiger partial charge in [-0.05, 0) is 55.7 Å². The number of rotatable bonds is 6. The molecule has 0 radical (unpaired) electrons. The summed E-state index contributed by atoms with van der Waals surface area (Å²) >= 11 is 0. The Bertz CT molecular complexity index is 852. The molecule has 1 amide bonds. The van der Waals surface area contributed by atoms with E-state index in [0.717, 1.165) is 23.3 Å². The molecule has 0 saturated carbocycles. The van der Waals surface area contributed by atoms with Gasteiger partial charge >= 0.3 is 0 Å². The van der Waals surface area contributed by atoms with Crippen molar-refractivity contribution >= 4 is 16.8 Å². The maximum Gasteiger partial charge on any atom is 0.251 e. The van der Waals surface area contributed by atoms with Gasteiger partial charge in [-0.3, -0.25) is 4.79 Å². The number of ether oxygens (including phenoxy) is 1. The Balaban J connectivity index is 1.60. The van der Waals surface area contributed by atoms with Crippen molar-refractivity contribution in [2.75, 3.05) is 13.2 Å². The predicted octanol–water partition coefficient (Wildman–Crippen LogP) is 3.85. The number of hydrogen-bond donors (Lipinski definition) is 2. The fourth-order valence-electron chi connectivity index (χ4n) is 2.86. The standard InChI is InChI=1S/C20H22N2O2/c1-3-24-19-9-8-15(12-14(19)2)20(23)21-11-10-16-13-22-18-7-5-4-6-17(16)18/h4-9,12-13,22H,3,10-11H2,1-2H3,(H,21,23). The molecule has 0 spiro atoms. The molecule has 0 aliphatic heterocycles. The summed E-state index contributed by atoms with van der Waals surface area (Å²) in [5.41, 5.74) is 3.98. The summed E-state index contributed by atoms with van der Waals surface area (Å²) in [6, 6.07) is 13.7. The lowest BCUT2D eigenvalue weighted by Crippen LogP contribution is -2.25. The minimum absolute atomic E-state index is 0.0546. The summed E-state index contributed by atoms with van der Waals surface area (Å²) < 4.78 is 5.51. The largest absolute Gasteiger partial charge is 0.494 e. The van der Waals surface area contributed by atoms with Gasteiger partial charge in [0.05, 0.1) is 6.61 Å². The smallest absolute Gasteiger partial charge is 0.251 e. The summed E-state index contributed by atoms with van der Waals surface area (Å²) in [4.78, 5) is 15.6. The van der Waals surface area contributed by atoms with E-state index in [0.29, 0.717) is 18.7 Å².